The van der Waals surface area contributed by atoms with Gasteiger partial charge in [-0.15, -0.1) is 0 Å². The minimum atomic E-state index is -0.148. The standard InChI is InChI=1S/C25H30N4O2/c1-28-11-13-29(14-12-28)20-15-19(27-16-7-3-2-4-8-16)21-22(23(20)26)25(31)18-10-6-5-9-17(18)24(21)30/h5-6,9-10,15-16,27H,2-4,7-8,11-14,26H2,1H3. The van der Waals surface area contributed by atoms with Crippen molar-refractivity contribution in [2.75, 3.05) is 49.2 Å². The van der Waals surface area contributed by atoms with Crippen molar-refractivity contribution in [3.8, 4) is 0 Å². The van der Waals surface area contributed by atoms with Crippen LogP contribution in [0, 0.1) is 0 Å². The summed E-state index contributed by atoms with van der Waals surface area (Å²) < 4.78 is 0. The average Bonchev–Trinajstić information content (AvgIpc) is 2.80. The molecule has 0 atom stereocenters. The second-order valence-corrected chi connectivity index (χ2v) is 9.08. The van der Waals surface area contributed by atoms with Gasteiger partial charge in [0.2, 0.25) is 0 Å². The minimum absolute atomic E-state index is 0.111. The average molecular weight is 419 g/mol. The Morgan fingerprint density at radius 3 is 2.16 bits per heavy atom. The van der Waals surface area contributed by atoms with E-state index < -0.39 is 0 Å². The Hall–Kier alpha value is -2.86. The van der Waals surface area contributed by atoms with Gasteiger partial charge in [-0.3, -0.25) is 9.59 Å². The van der Waals surface area contributed by atoms with E-state index >= 15 is 0 Å². The summed E-state index contributed by atoms with van der Waals surface area (Å²) in [5, 5.41) is 3.64. The van der Waals surface area contributed by atoms with E-state index in [9.17, 15) is 9.59 Å². The number of nitrogens with zero attached hydrogens (tertiary/aromatic N) is 2. The fourth-order valence-electron chi connectivity index (χ4n) is 5.19. The van der Waals surface area contributed by atoms with Gasteiger partial charge in [0.15, 0.2) is 11.6 Å². The van der Waals surface area contributed by atoms with E-state index in [0.717, 1.165) is 50.4 Å². The smallest absolute Gasteiger partial charge is 0.196 e. The first-order valence-electron chi connectivity index (χ1n) is 11.4. The summed E-state index contributed by atoms with van der Waals surface area (Å²) in [4.78, 5) is 31.6. The van der Waals surface area contributed by atoms with Crippen molar-refractivity contribution in [1.82, 2.24) is 4.90 Å². The number of hydrogen-bond acceptors (Lipinski definition) is 6. The van der Waals surface area contributed by atoms with Gasteiger partial charge in [0.1, 0.15) is 0 Å². The van der Waals surface area contributed by atoms with Crippen molar-refractivity contribution >= 4 is 28.6 Å². The van der Waals surface area contributed by atoms with E-state index in [2.05, 4.69) is 22.2 Å². The second kappa shape index (κ2) is 8.00. The van der Waals surface area contributed by atoms with Crippen LogP contribution in [0.1, 0.15) is 63.9 Å². The van der Waals surface area contributed by atoms with Crippen LogP contribution in [0.2, 0.25) is 0 Å². The van der Waals surface area contributed by atoms with Gasteiger partial charge in [-0.05, 0) is 26.0 Å². The van der Waals surface area contributed by atoms with E-state index in [1.165, 1.54) is 19.3 Å². The molecule has 1 saturated heterocycles. The number of hydrogen-bond donors (Lipinski definition) is 2. The summed E-state index contributed by atoms with van der Waals surface area (Å²) in [5.41, 5.74) is 10.4. The molecule has 3 aliphatic rings. The molecule has 0 aromatic heterocycles. The number of piperazine rings is 1. The second-order valence-electron chi connectivity index (χ2n) is 9.08. The predicted octanol–water partition coefficient (Wildman–Crippen LogP) is 3.54. The summed E-state index contributed by atoms with van der Waals surface area (Å²) in [6.07, 6.45) is 5.81. The number of nitrogens with two attached hydrogens (primary N) is 1. The number of anilines is 3. The van der Waals surface area contributed by atoms with Gasteiger partial charge in [0.25, 0.3) is 0 Å². The van der Waals surface area contributed by atoms with Crippen LogP contribution in [0.25, 0.3) is 0 Å². The van der Waals surface area contributed by atoms with Crippen LogP contribution in [-0.2, 0) is 0 Å². The molecule has 0 bridgehead atoms. The third-order valence-corrected chi connectivity index (χ3v) is 7.02. The first-order chi connectivity index (χ1) is 15.0. The number of nitrogens with one attached hydrogen (secondary N) is 1. The maximum Gasteiger partial charge on any atom is 0.196 e. The molecule has 31 heavy (non-hydrogen) atoms. The van der Waals surface area contributed by atoms with E-state index in [4.69, 9.17) is 5.73 Å². The molecule has 3 N–H and O–H groups in total. The molecular weight excluding hydrogens is 388 g/mol. The highest BCUT2D eigenvalue weighted by Crippen LogP contribution is 2.42. The van der Waals surface area contributed by atoms with Crippen LogP contribution in [0.3, 0.4) is 0 Å². The molecular formula is C25H30N4O2. The van der Waals surface area contributed by atoms with Gasteiger partial charge in [-0.25, -0.2) is 0 Å². The Labute approximate surface area is 183 Å². The summed E-state index contributed by atoms with van der Waals surface area (Å²) in [6.45, 7) is 3.58. The molecule has 2 fully saturated rings. The third kappa shape index (κ3) is 3.49. The molecule has 1 heterocycles. The number of nitrogen functional groups attached to an aromatic ring is 1. The number of rotatable bonds is 3. The van der Waals surface area contributed by atoms with Gasteiger partial charge >= 0.3 is 0 Å². The van der Waals surface area contributed by atoms with Crippen molar-refractivity contribution in [1.29, 1.82) is 0 Å². The number of ketones is 2. The Bertz CT molecular complexity index is 1030. The van der Waals surface area contributed by atoms with Crippen LogP contribution in [0.15, 0.2) is 30.3 Å². The normalized spacial score (nSPS) is 19.8. The highest BCUT2D eigenvalue weighted by molar-refractivity contribution is 6.32. The Morgan fingerprint density at radius 1 is 0.903 bits per heavy atom. The molecule has 5 rings (SSSR count). The molecule has 0 spiro atoms. The van der Waals surface area contributed by atoms with E-state index in [1.807, 2.05) is 12.1 Å². The van der Waals surface area contributed by atoms with Crippen LogP contribution >= 0.6 is 0 Å². The van der Waals surface area contributed by atoms with Gasteiger partial charge in [0.05, 0.1) is 22.5 Å². The first kappa shape index (κ1) is 20.1. The van der Waals surface area contributed by atoms with Crippen LogP contribution in [-0.4, -0.2) is 55.7 Å². The number of fused-ring (bicyclic) bond motifs is 2. The predicted molar refractivity (Wildman–Crippen MR) is 124 cm³/mol. The zero-order valence-corrected chi connectivity index (χ0v) is 18.1. The largest absolute Gasteiger partial charge is 0.396 e. The van der Waals surface area contributed by atoms with Gasteiger partial charge in [-0.2, -0.15) is 0 Å². The minimum Gasteiger partial charge on any atom is -0.396 e. The Morgan fingerprint density at radius 2 is 1.52 bits per heavy atom. The van der Waals surface area contributed by atoms with Gasteiger partial charge in [0, 0.05) is 49.0 Å². The zero-order chi connectivity index (χ0) is 21.5. The van der Waals surface area contributed by atoms with E-state index in [-0.39, 0.29) is 11.6 Å². The molecule has 2 aromatic rings. The molecule has 0 radical (unpaired) electrons. The van der Waals surface area contributed by atoms with Gasteiger partial charge < -0.3 is 20.9 Å². The number of likely N-dealkylation sites (N-methyl/N-ethyl adjacent to an activating group) is 1. The fraction of sp³-hybridized carbons (Fsp3) is 0.440. The van der Waals surface area contributed by atoms with Crippen LogP contribution < -0.4 is 16.0 Å². The van der Waals surface area contributed by atoms with Crippen molar-refractivity contribution in [2.24, 2.45) is 0 Å². The first-order valence-corrected chi connectivity index (χ1v) is 11.4. The van der Waals surface area contributed by atoms with Gasteiger partial charge in [-0.1, -0.05) is 43.5 Å². The van der Waals surface area contributed by atoms with Crippen molar-refractivity contribution in [3.05, 3.63) is 52.6 Å². The SMILES string of the molecule is CN1CCN(c2cc(NC3CCCCC3)c3c(c2N)C(=O)c2ccccc2C3=O)CC1. The lowest BCUT2D eigenvalue weighted by atomic mass is 9.81. The molecule has 2 aliphatic carbocycles. The van der Waals surface area contributed by atoms with Crippen molar-refractivity contribution < 1.29 is 9.59 Å². The molecule has 1 aliphatic heterocycles. The summed E-state index contributed by atoms with van der Waals surface area (Å²) in [7, 11) is 2.11. The van der Waals surface area contributed by atoms with E-state index in [0.29, 0.717) is 34.0 Å². The topological polar surface area (TPSA) is 78.7 Å². The Balaban J connectivity index is 1.64. The fourth-order valence-corrected chi connectivity index (χ4v) is 5.19. The molecule has 0 amide bonds. The highest BCUT2D eigenvalue weighted by Gasteiger charge is 2.36. The van der Waals surface area contributed by atoms with Crippen molar-refractivity contribution in [2.45, 2.75) is 38.1 Å². The van der Waals surface area contributed by atoms with E-state index in [1.54, 1.807) is 18.2 Å². The number of carbonyl (C=O) groups is 2. The quantitative estimate of drug-likeness (QED) is 0.634. The summed E-state index contributed by atoms with van der Waals surface area (Å²) >= 11 is 0. The number of carbonyl (C=O) groups excluding carboxylic acids is 2. The number of benzene rings is 2. The molecule has 6 nitrogen and oxygen atoms in total. The Kier molecular flexibility index (Phi) is 5.18. The zero-order valence-electron chi connectivity index (χ0n) is 18.1. The highest BCUT2D eigenvalue weighted by atomic mass is 16.1. The molecule has 6 heteroatoms. The lowest BCUT2D eigenvalue weighted by molar-refractivity contribution is 0.0980. The van der Waals surface area contributed by atoms with Crippen LogP contribution in [0.4, 0.5) is 17.1 Å². The van der Waals surface area contributed by atoms with Crippen LogP contribution in [0.5, 0.6) is 0 Å². The maximum absolute atomic E-state index is 13.5. The molecule has 162 valence electrons. The molecule has 2 aromatic carbocycles. The summed E-state index contributed by atoms with van der Waals surface area (Å²) in [6, 6.07) is 9.43. The third-order valence-electron chi connectivity index (χ3n) is 7.02. The lowest BCUT2D eigenvalue weighted by Crippen LogP contribution is -2.45. The lowest BCUT2D eigenvalue weighted by Gasteiger charge is -2.36. The monoisotopic (exact) mass is 418 g/mol. The molecule has 1 saturated carbocycles. The maximum atomic E-state index is 13.5. The molecule has 0 unspecified atom stereocenters. The van der Waals surface area contributed by atoms with Crippen molar-refractivity contribution in [3.63, 3.8) is 0 Å². The summed E-state index contributed by atoms with van der Waals surface area (Å²) in [5.74, 6) is -0.259.